The van der Waals surface area contributed by atoms with Gasteiger partial charge in [0.15, 0.2) is 0 Å². The summed E-state index contributed by atoms with van der Waals surface area (Å²) in [7, 11) is 0. The Labute approximate surface area is 134 Å². The lowest BCUT2D eigenvalue weighted by Crippen LogP contribution is -2.49. The topological polar surface area (TPSA) is 63.4 Å². The number of nitro groups is 1. The number of amides is 1. The maximum Gasteiger partial charge on any atom is 0.270 e. The molecule has 3 rings (SSSR count). The zero-order valence-corrected chi connectivity index (χ0v) is 13.1. The Morgan fingerprint density at radius 3 is 2.68 bits per heavy atom. The van der Waals surface area contributed by atoms with Gasteiger partial charge in [0.05, 0.1) is 15.5 Å². The number of carbonyl (C=O) groups is 1. The molecule has 0 bridgehead atoms. The second-order valence-electron chi connectivity index (χ2n) is 6.17. The molecule has 1 saturated heterocycles. The summed E-state index contributed by atoms with van der Waals surface area (Å²) in [5, 5.41) is 10.9. The van der Waals surface area contributed by atoms with Crippen molar-refractivity contribution in [1.29, 1.82) is 0 Å². The number of benzene rings is 1. The highest BCUT2D eigenvalue weighted by Gasteiger charge is 2.36. The van der Waals surface area contributed by atoms with Crippen LogP contribution in [0.2, 0.25) is 5.02 Å². The fraction of sp³-hybridized carbons (Fsp3) is 0.562. The Hall–Kier alpha value is -1.62. The number of halogens is 1. The van der Waals surface area contributed by atoms with Crippen molar-refractivity contribution < 1.29 is 9.72 Å². The number of rotatable bonds is 2. The first-order chi connectivity index (χ1) is 10.6. The van der Waals surface area contributed by atoms with Gasteiger partial charge >= 0.3 is 0 Å². The van der Waals surface area contributed by atoms with Gasteiger partial charge in [-0.15, -0.1) is 0 Å². The minimum Gasteiger partial charge on any atom is -0.335 e. The highest BCUT2D eigenvalue weighted by molar-refractivity contribution is 6.34. The van der Waals surface area contributed by atoms with Gasteiger partial charge in [-0.3, -0.25) is 14.9 Å². The van der Waals surface area contributed by atoms with E-state index in [1.807, 2.05) is 4.90 Å². The molecule has 6 heteroatoms. The third-order valence-corrected chi connectivity index (χ3v) is 5.21. The van der Waals surface area contributed by atoms with Crippen LogP contribution in [0.4, 0.5) is 5.69 Å². The summed E-state index contributed by atoms with van der Waals surface area (Å²) in [5.74, 6) is 0.514. The average molecular weight is 323 g/mol. The summed E-state index contributed by atoms with van der Waals surface area (Å²) in [6.07, 6.45) is 6.89. The Morgan fingerprint density at radius 2 is 1.95 bits per heavy atom. The number of carbonyl (C=O) groups excluding carboxylic acids is 1. The van der Waals surface area contributed by atoms with Gasteiger partial charge in [-0.25, -0.2) is 0 Å². The number of nitrogens with zero attached hydrogens (tertiary/aromatic N) is 2. The molecule has 0 unspecified atom stereocenters. The predicted octanol–water partition coefficient (Wildman–Crippen LogP) is 4.04. The van der Waals surface area contributed by atoms with Crippen molar-refractivity contribution in [2.45, 2.75) is 44.6 Å². The van der Waals surface area contributed by atoms with Crippen molar-refractivity contribution in [3.63, 3.8) is 0 Å². The lowest BCUT2D eigenvalue weighted by atomic mass is 9.78. The molecule has 2 atom stereocenters. The van der Waals surface area contributed by atoms with E-state index in [-0.39, 0.29) is 16.6 Å². The molecular weight excluding hydrogens is 304 g/mol. The third kappa shape index (κ3) is 2.82. The zero-order valence-electron chi connectivity index (χ0n) is 12.3. The van der Waals surface area contributed by atoms with Crippen LogP contribution in [0.15, 0.2) is 18.2 Å². The first-order valence-electron chi connectivity index (χ1n) is 7.83. The fourth-order valence-electron chi connectivity index (χ4n) is 3.82. The van der Waals surface area contributed by atoms with Crippen LogP contribution in [-0.4, -0.2) is 28.3 Å². The maximum atomic E-state index is 12.8. The smallest absolute Gasteiger partial charge is 0.270 e. The quantitative estimate of drug-likeness (QED) is 0.609. The largest absolute Gasteiger partial charge is 0.335 e. The Bertz CT molecular complexity index is 603. The van der Waals surface area contributed by atoms with Crippen LogP contribution < -0.4 is 0 Å². The summed E-state index contributed by atoms with van der Waals surface area (Å²) in [5.41, 5.74) is 0.286. The van der Waals surface area contributed by atoms with Crippen molar-refractivity contribution in [2.75, 3.05) is 6.54 Å². The second-order valence-corrected chi connectivity index (χ2v) is 6.58. The standard InChI is InChI=1S/C16H19ClN2O3/c17-14-10-12(19(21)22)7-8-13(14)16(20)18-9-3-5-11-4-1-2-6-15(11)18/h7-8,10-11,15H,1-6,9H2/t11-,15-/m0/s1. The summed E-state index contributed by atoms with van der Waals surface area (Å²) >= 11 is 6.11. The highest BCUT2D eigenvalue weighted by Crippen LogP contribution is 2.36. The van der Waals surface area contributed by atoms with E-state index in [1.165, 1.54) is 43.9 Å². The van der Waals surface area contributed by atoms with Gasteiger partial charge in [0.25, 0.3) is 11.6 Å². The molecule has 1 amide bonds. The molecular formula is C16H19ClN2O3. The van der Waals surface area contributed by atoms with Crippen LogP contribution in [0.25, 0.3) is 0 Å². The van der Waals surface area contributed by atoms with E-state index in [9.17, 15) is 14.9 Å². The molecule has 0 aromatic heterocycles. The summed E-state index contributed by atoms with van der Waals surface area (Å²) in [4.78, 5) is 25.0. The molecule has 1 aromatic rings. The molecule has 0 N–H and O–H groups in total. The van der Waals surface area contributed by atoms with Gasteiger partial charge in [0.2, 0.25) is 0 Å². The Kier molecular flexibility index (Phi) is 4.34. The lowest BCUT2D eigenvalue weighted by molar-refractivity contribution is -0.384. The van der Waals surface area contributed by atoms with Crippen molar-refractivity contribution >= 4 is 23.2 Å². The van der Waals surface area contributed by atoms with Gasteiger partial charge in [0.1, 0.15) is 0 Å². The molecule has 118 valence electrons. The molecule has 1 saturated carbocycles. The SMILES string of the molecule is O=C(c1ccc([N+](=O)[O-])cc1Cl)N1CCC[C@@H]2CCCC[C@@H]21. The number of nitro benzene ring substituents is 1. The number of fused-ring (bicyclic) bond motifs is 1. The molecule has 1 aliphatic carbocycles. The molecule has 0 spiro atoms. The van der Waals surface area contributed by atoms with Gasteiger partial charge < -0.3 is 4.90 Å². The first-order valence-corrected chi connectivity index (χ1v) is 8.20. The van der Waals surface area contributed by atoms with Crippen LogP contribution in [0.5, 0.6) is 0 Å². The van der Waals surface area contributed by atoms with Crippen LogP contribution in [0.1, 0.15) is 48.9 Å². The number of non-ortho nitro benzene ring substituents is 1. The molecule has 2 fully saturated rings. The summed E-state index contributed by atoms with van der Waals surface area (Å²) < 4.78 is 0. The molecule has 1 heterocycles. The van der Waals surface area contributed by atoms with E-state index in [2.05, 4.69) is 0 Å². The van der Waals surface area contributed by atoms with Gasteiger partial charge in [-0.05, 0) is 37.7 Å². The normalized spacial score (nSPS) is 24.7. The molecule has 2 aliphatic rings. The van der Waals surface area contributed by atoms with E-state index < -0.39 is 4.92 Å². The molecule has 1 aromatic carbocycles. The average Bonchev–Trinajstić information content (AvgIpc) is 2.53. The van der Waals surface area contributed by atoms with Crippen LogP contribution in [0, 0.1) is 16.0 Å². The van der Waals surface area contributed by atoms with Gasteiger partial charge in [-0.1, -0.05) is 24.4 Å². The minimum absolute atomic E-state index is 0.0866. The maximum absolute atomic E-state index is 12.8. The number of likely N-dealkylation sites (tertiary alicyclic amines) is 1. The Balaban J connectivity index is 1.85. The third-order valence-electron chi connectivity index (χ3n) is 4.90. The lowest BCUT2D eigenvalue weighted by Gasteiger charge is -2.44. The van der Waals surface area contributed by atoms with Crippen molar-refractivity contribution in [3.8, 4) is 0 Å². The molecule has 1 aliphatic heterocycles. The monoisotopic (exact) mass is 322 g/mol. The van der Waals surface area contributed by atoms with Crippen molar-refractivity contribution in [2.24, 2.45) is 5.92 Å². The van der Waals surface area contributed by atoms with Crippen LogP contribution in [-0.2, 0) is 0 Å². The van der Waals surface area contributed by atoms with Crippen molar-refractivity contribution in [1.82, 2.24) is 4.90 Å². The minimum atomic E-state index is -0.502. The predicted molar refractivity (Wildman–Crippen MR) is 84.1 cm³/mol. The van der Waals surface area contributed by atoms with Gasteiger partial charge in [-0.2, -0.15) is 0 Å². The van der Waals surface area contributed by atoms with Gasteiger partial charge in [0, 0.05) is 24.7 Å². The van der Waals surface area contributed by atoms with Crippen LogP contribution >= 0.6 is 11.6 Å². The molecule has 22 heavy (non-hydrogen) atoms. The zero-order chi connectivity index (χ0) is 15.7. The number of piperidine rings is 1. The van der Waals surface area contributed by atoms with E-state index in [0.29, 0.717) is 17.5 Å². The van der Waals surface area contributed by atoms with Crippen LogP contribution in [0.3, 0.4) is 0 Å². The van der Waals surface area contributed by atoms with E-state index in [4.69, 9.17) is 11.6 Å². The number of hydrogen-bond donors (Lipinski definition) is 0. The van der Waals surface area contributed by atoms with E-state index in [1.54, 1.807) is 0 Å². The summed E-state index contributed by atoms with van der Waals surface area (Å²) in [6.45, 7) is 0.757. The van der Waals surface area contributed by atoms with Crippen molar-refractivity contribution in [3.05, 3.63) is 38.9 Å². The molecule has 5 nitrogen and oxygen atoms in total. The Morgan fingerprint density at radius 1 is 1.23 bits per heavy atom. The highest BCUT2D eigenvalue weighted by atomic mass is 35.5. The summed E-state index contributed by atoms with van der Waals surface area (Å²) in [6, 6.07) is 4.40. The van der Waals surface area contributed by atoms with E-state index in [0.717, 1.165) is 19.4 Å². The number of hydrogen-bond acceptors (Lipinski definition) is 3. The van der Waals surface area contributed by atoms with E-state index >= 15 is 0 Å². The second kappa shape index (κ2) is 6.24. The molecule has 0 radical (unpaired) electrons. The first kappa shape index (κ1) is 15.3. The fourth-order valence-corrected chi connectivity index (χ4v) is 4.08.